The minimum absolute atomic E-state index is 0.127. The molecule has 31 heavy (non-hydrogen) atoms. The molecule has 0 unspecified atom stereocenters. The molecule has 1 heterocycles. The van der Waals surface area contributed by atoms with Gasteiger partial charge in [-0.15, -0.1) is 0 Å². The van der Waals surface area contributed by atoms with Gasteiger partial charge in [-0.2, -0.15) is 0 Å². The summed E-state index contributed by atoms with van der Waals surface area (Å²) in [6, 6.07) is 13.0. The number of amidine groups is 1. The zero-order valence-corrected chi connectivity index (χ0v) is 18.7. The summed E-state index contributed by atoms with van der Waals surface area (Å²) in [5.41, 5.74) is 2.71. The Morgan fingerprint density at radius 2 is 1.90 bits per heavy atom. The van der Waals surface area contributed by atoms with Crippen molar-refractivity contribution in [2.45, 2.75) is 13.8 Å². The van der Waals surface area contributed by atoms with Crippen LogP contribution in [0.2, 0.25) is 0 Å². The highest BCUT2D eigenvalue weighted by molar-refractivity contribution is 8.18. The smallest absolute Gasteiger partial charge is 0.344 e. The Hall–Kier alpha value is -3.26. The van der Waals surface area contributed by atoms with Gasteiger partial charge in [0.1, 0.15) is 0 Å². The molecule has 0 spiro atoms. The highest BCUT2D eigenvalue weighted by Gasteiger charge is 2.30. The van der Waals surface area contributed by atoms with Gasteiger partial charge in [0.25, 0.3) is 5.91 Å². The number of aryl methyl sites for hydroxylation is 1. The summed E-state index contributed by atoms with van der Waals surface area (Å²) in [7, 11) is 3.22. The van der Waals surface area contributed by atoms with Gasteiger partial charge in [-0.1, -0.05) is 23.8 Å². The second-order valence-corrected chi connectivity index (χ2v) is 7.72. The van der Waals surface area contributed by atoms with E-state index in [1.54, 1.807) is 38.2 Å². The Balaban J connectivity index is 1.78. The van der Waals surface area contributed by atoms with E-state index in [4.69, 9.17) is 14.2 Å². The van der Waals surface area contributed by atoms with Gasteiger partial charge < -0.3 is 14.2 Å². The van der Waals surface area contributed by atoms with Gasteiger partial charge in [0.15, 0.2) is 23.3 Å². The molecule has 0 N–H and O–H groups in total. The lowest BCUT2D eigenvalue weighted by Gasteiger charge is -2.11. The minimum atomic E-state index is -0.452. The van der Waals surface area contributed by atoms with Gasteiger partial charge in [-0.25, -0.2) is 9.79 Å². The summed E-state index contributed by atoms with van der Waals surface area (Å²) in [4.78, 5) is 30.8. The van der Waals surface area contributed by atoms with Gasteiger partial charge in [-0.3, -0.25) is 9.69 Å². The average molecular weight is 441 g/mol. The van der Waals surface area contributed by atoms with Crippen molar-refractivity contribution in [3.8, 4) is 11.5 Å². The monoisotopic (exact) mass is 440 g/mol. The first kappa shape index (κ1) is 22.4. The van der Waals surface area contributed by atoms with Gasteiger partial charge in [-0.05, 0) is 61.5 Å². The average Bonchev–Trinajstić information content (AvgIpc) is 3.02. The lowest BCUT2D eigenvalue weighted by molar-refractivity contribution is -0.145. The van der Waals surface area contributed by atoms with E-state index >= 15 is 0 Å². The second-order valence-electron chi connectivity index (χ2n) is 6.71. The molecule has 0 atom stereocenters. The van der Waals surface area contributed by atoms with Crippen LogP contribution in [0.4, 0.5) is 5.69 Å². The van der Waals surface area contributed by atoms with E-state index in [0.29, 0.717) is 28.2 Å². The highest BCUT2D eigenvalue weighted by atomic mass is 32.2. The van der Waals surface area contributed by atoms with Crippen molar-refractivity contribution in [3.05, 3.63) is 58.5 Å². The van der Waals surface area contributed by atoms with Crippen LogP contribution in [-0.4, -0.2) is 49.3 Å². The number of nitrogens with zero attached hydrogens (tertiary/aromatic N) is 2. The summed E-state index contributed by atoms with van der Waals surface area (Å²) in [6.07, 6.45) is 1.78. The molecule has 3 rings (SSSR count). The quantitative estimate of drug-likeness (QED) is 0.475. The summed E-state index contributed by atoms with van der Waals surface area (Å²) < 4.78 is 15.7. The third-order valence-corrected chi connectivity index (χ3v) is 5.46. The molecule has 7 nitrogen and oxygen atoms in total. The van der Waals surface area contributed by atoms with Gasteiger partial charge in [0, 0.05) is 7.05 Å². The van der Waals surface area contributed by atoms with Crippen molar-refractivity contribution >= 4 is 40.6 Å². The van der Waals surface area contributed by atoms with Crippen molar-refractivity contribution in [2.75, 3.05) is 27.4 Å². The number of benzene rings is 2. The summed E-state index contributed by atoms with van der Waals surface area (Å²) in [5, 5.41) is 0.612. The molecule has 1 fully saturated rings. The molecule has 2 aromatic carbocycles. The van der Waals surface area contributed by atoms with Crippen molar-refractivity contribution in [1.82, 2.24) is 4.90 Å². The van der Waals surface area contributed by atoms with E-state index < -0.39 is 5.97 Å². The largest absolute Gasteiger partial charge is 0.493 e. The number of carbonyl (C=O) groups excluding carboxylic acids is 2. The highest BCUT2D eigenvalue weighted by Crippen LogP contribution is 2.35. The molecule has 2 aromatic rings. The lowest BCUT2D eigenvalue weighted by atomic mass is 10.2. The number of aliphatic imine (C=N–C) groups is 1. The third-order valence-electron chi connectivity index (χ3n) is 4.40. The molecular formula is C23H24N2O5S. The van der Waals surface area contributed by atoms with Crippen LogP contribution in [0.5, 0.6) is 11.5 Å². The number of methoxy groups -OCH3 is 1. The lowest BCUT2D eigenvalue weighted by Crippen LogP contribution is -2.23. The maximum atomic E-state index is 12.7. The normalized spacial score (nSPS) is 16.1. The summed E-state index contributed by atoms with van der Waals surface area (Å²) in [5.74, 6) is 0.294. The fourth-order valence-corrected chi connectivity index (χ4v) is 3.75. The van der Waals surface area contributed by atoms with Gasteiger partial charge in [0.05, 0.1) is 24.3 Å². The molecular weight excluding hydrogens is 416 g/mol. The van der Waals surface area contributed by atoms with Crippen LogP contribution in [0.25, 0.3) is 6.08 Å². The van der Waals surface area contributed by atoms with E-state index in [9.17, 15) is 9.59 Å². The fraction of sp³-hybridized carbons (Fsp3) is 0.261. The van der Waals surface area contributed by atoms with Crippen LogP contribution in [0.15, 0.2) is 52.4 Å². The van der Waals surface area contributed by atoms with Crippen molar-refractivity contribution < 1.29 is 23.8 Å². The van der Waals surface area contributed by atoms with Crippen LogP contribution in [0.1, 0.15) is 18.1 Å². The second kappa shape index (κ2) is 10.2. The molecule has 0 aromatic heterocycles. The number of amides is 1. The van der Waals surface area contributed by atoms with Gasteiger partial charge >= 0.3 is 5.97 Å². The molecule has 0 aliphatic carbocycles. The van der Waals surface area contributed by atoms with E-state index in [0.717, 1.165) is 16.8 Å². The molecule has 1 aliphatic heterocycles. The van der Waals surface area contributed by atoms with Crippen molar-refractivity contribution in [3.63, 3.8) is 0 Å². The van der Waals surface area contributed by atoms with Crippen LogP contribution in [0, 0.1) is 6.92 Å². The number of carbonyl (C=O) groups is 2. The topological polar surface area (TPSA) is 77.4 Å². The predicted octanol–water partition coefficient (Wildman–Crippen LogP) is 4.18. The molecule has 8 heteroatoms. The number of hydrogen-bond acceptors (Lipinski definition) is 7. The molecule has 0 bridgehead atoms. The van der Waals surface area contributed by atoms with Crippen LogP contribution >= 0.6 is 11.8 Å². The molecule has 0 radical (unpaired) electrons. The number of rotatable bonds is 7. The van der Waals surface area contributed by atoms with E-state index in [1.165, 1.54) is 23.8 Å². The first-order valence-corrected chi connectivity index (χ1v) is 10.5. The molecule has 0 saturated carbocycles. The molecule has 1 saturated heterocycles. The maximum Gasteiger partial charge on any atom is 0.344 e. The third kappa shape index (κ3) is 5.67. The first-order valence-electron chi connectivity index (χ1n) is 9.70. The SMILES string of the molecule is CCOC(=O)COc1ccc(/C=C2/SC(=Nc3ccc(C)cc3)N(C)C2=O)cc1OC. The summed E-state index contributed by atoms with van der Waals surface area (Å²) >= 11 is 1.31. The van der Waals surface area contributed by atoms with Crippen molar-refractivity contribution in [2.24, 2.45) is 4.99 Å². The Bertz CT molecular complexity index is 1030. The number of thioether (sulfide) groups is 1. The Labute approximate surface area is 185 Å². The minimum Gasteiger partial charge on any atom is -0.493 e. The number of hydrogen-bond donors (Lipinski definition) is 0. The van der Waals surface area contributed by atoms with E-state index in [2.05, 4.69) is 4.99 Å². The Morgan fingerprint density at radius 3 is 2.58 bits per heavy atom. The summed E-state index contributed by atoms with van der Waals surface area (Å²) in [6.45, 7) is 3.83. The molecule has 1 aliphatic rings. The van der Waals surface area contributed by atoms with E-state index in [-0.39, 0.29) is 12.5 Å². The zero-order chi connectivity index (χ0) is 22.4. The number of esters is 1. The molecule has 162 valence electrons. The van der Waals surface area contributed by atoms with Gasteiger partial charge in [0.2, 0.25) is 0 Å². The van der Waals surface area contributed by atoms with Crippen LogP contribution in [0.3, 0.4) is 0 Å². The Morgan fingerprint density at radius 1 is 1.16 bits per heavy atom. The van der Waals surface area contributed by atoms with E-state index in [1.807, 2.05) is 31.2 Å². The zero-order valence-electron chi connectivity index (χ0n) is 17.9. The van der Waals surface area contributed by atoms with Crippen LogP contribution in [-0.2, 0) is 14.3 Å². The molecule has 1 amide bonds. The number of likely N-dealkylation sites (N-methyl/N-ethyl adjacent to an activating group) is 1. The Kier molecular flexibility index (Phi) is 7.36. The maximum absolute atomic E-state index is 12.7. The fourth-order valence-electron chi connectivity index (χ4n) is 2.77. The van der Waals surface area contributed by atoms with Crippen molar-refractivity contribution in [1.29, 1.82) is 0 Å². The standard InChI is InChI=1S/C23H24N2O5S/c1-5-29-21(26)14-30-18-11-8-16(12-19(18)28-4)13-20-22(27)25(3)23(31-20)24-17-9-6-15(2)7-10-17/h6-13H,5,14H2,1-4H3/b20-13+,24-23?. The predicted molar refractivity (Wildman–Crippen MR) is 122 cm³/mol. The first-order chi connectivity index (χ1) is 14.9. The van der Waals surface area contributed by atoms with Crippen LogP contribution < -0.4 is 9.47 Å². The number of ether oxygens (including phenoxy) is 3.